The Bertz CT molecular complexity index is 929. The van der Waals surface area contributed by atoms with Gasteiger partial charge in [-0.25, -0.2) is 9.18 Å². The molecule has 0 spiro atoms. The molecule has 0 aliphatic carbocycles. The number of urea groups is 1. The van der Waals surface area contributed by atoms with E-state index in [9.17, 15) is 14.0 Å². The Kier molecular flexibility index (Phi) is 6.20. The number of rotatable bonds is 6. The van der Waals surface area contributed by atoms with E-state index in [4.69, 9.17) is 4.74 Å². The van der Waals surface area contributed by atoms with Crippen LogP contribution in [0.4, 0.5) is 26.2 Å². The summed E-state index contributed by atoms with van der Waals surface area (Å²) in [6.45, 7) is -0.203. The van der Waals surface area contributed by atoms with Crippen molar-refractivity contribution >= 4 is 29.0 Å². The predicted octanol–water partition coefficient (Wildman–Crippen LogP) is 4.49. The van der Waals surface area contributed by atoms with Gasteiger partial charge in [0.25, 0.3) is 5.91 Å². The molecule has 3 aromatic rings. The monoisotopic (exact) mass is 379 g/mol. The SMILES string of the molecule is O=C(COc1ccc(F)cc1)Nc1ccc(NC(=O)Nc2ccccc2)cc1. The summed E-state index contributed by atoms with van der Waals surface area (Å²) in [6, 6.07) is 20.8. The molecular formula is C21H18FN3O3. The molecule has 0 radical (unpaired) electrons. The molecule has 142 valence electrons. The number of nitrogens with one attached hydrogen (secondary N) is 3. The molecule has 3 rings (SSSR count). The number of amides is 3. The number of para-hydroxylation sites is 1. The van der Waals surface area contributed by atoms with Crippen LogP contribution in [0.25, 0.3) is 0 Å². The molecule has 0 atom stereocenters. The molecule has 0 heterocycles. The second-order valence-electron chi connectivity index (χ2n) is 5.81. The van der Waals surface area contributed by atoms with Crippen LogP contribution in [0.2, 0.25) is 0 Å². The second kappa shape index (κ2) is 9.18. The van der Waals surface area contributed by atoms with Crippen LogP contribution in [0.1, 0.15) is 0 Å². The highest BCUT2D eigenvalue weighted by molar-refractivity contribution is 6.00. The summed E-state index contributed by atoms with van der Waals surface area (Å²) < 4.78 is 18.1. The zero-order valence-electron chi connectivity index (χ0n) is 14.8. The quantitative estimate of drug-likeness (QED) is 0.590. The molecule has 7 heteroatoms. The van der Waals surface area contributed by atoms with Gasteiger partial charge in [0.05, 0.1) is 0 Å². The molecule has 0 saturated heterocycles. The lowest BCUT2D eigenvalue weighted by Crippen LogP contribution is -2.20. The van der Waals surface area contributed by atoms with Crippen LogP contribution in [-0.2, 0) is 4.79 Å². The summed E-state index contributed by atoms with van der Waals surface area (Å²) >= 11 is 0. The van der Waals surface area contributed by atoms with Crippen molar-refractivity contribution in [2.24, 2.45) is 0 Å². The lowest BCUT2D eigenvalue weighted by molar-refractivity contribution is -0.118. The van der Waals surface area contributed by atoms with Gasteiger partial charge in [0, 0.05) is 17.1 Å². The molecule has 0 aromatic heterocycles. The fraction of sp³-hybridized carbons (Fsp3) is 0.0476. The van der Waals surface area contributed by atoms with Crippen molar-refractivity contribution in [2.75, 3.05) is 22.6 Å². The number of anilines is 3. The van der Waals surface area contributed by atoms with Crippen LogP contribution < -0.4 is 20.7 Å². The Balaban J connectivity index is 1.46. The largest absolute Gasteiger partial charge is 0.484 e. The molecule has 0 aliphatic rings. The Morgan fingerprint density at radius 2 is 1.25 bits per heavy atom. The Morgan fingerprint density at radius 3 is 1.86 bits per heavy atom. The molecule has 28 heavy (non-hydrogen) atoms. The van der Waals surface area contributed by atoms with Gasteiger partial charge in [-0.2, -0.15) is 0 Å². The van der Waals surface area contributed by atoms with Crippen molar-refractivity contribution in [3.05, 3.63) is 84.7 Å². The van der Waals surface area contributed by atoms with Crippen LogP contribution in [0, 0.1) is 5.82 Å². The minimum Gasteiger partial charge on any atom is -0.484 e. The van der Waals surface area contributed by atoms with Gasteiger partial charge in [-0.15, -0.1) is 0 Å². The minimum absolute atomic E-state index is 0.203. The Hall–Kier alpha value is -3.87. The van der Waals surface area contributed by atoms with Gasteiger partial charge in [0.15, 0.2) is 6.61 Å². The summed E-state index contributed by atoms with van der Waals surface area (Å²) in [5.74, 6) is -0.324. The molecule has 3 N–H and O–H groups in total. The predicted molar refractivity (Wildman–Crippen MR) is 106 cm³/mol. The van der Waals surface area contributed by atoms with Crippen LogP contribution in [0.3, 0.4) is 0 Å². The molecule has 0 unspecified atom stereocenters. The van der Waals surface area contributed by atoms with Crippen LogP contribution in [-0.4, -0.2) is 18.5 Å². The van der Waals surface area contributed by atoms with Crippen molar-refractivity contribution in [1.29, 1.82) is 0 Å². The van der Waals surface area contributed by atoms with Crippen molar-refractivity contribution in [1.82, 2.24) is 0 Å². The molecule has 6 nitrogen and oxygen atoms in total. The molecule has 3 amide bonds. The van der Waals surface area contributed by atoms with Crippen molar-refractivity contribution in [3.63, 3.8) is 0 Å². The first-order valence-corrected chi connectivity index (χ1v) is 8.50. The van der Waals surface area contributed by atoms with E-state index < -0.39 is 0 Å². The van der Waals surface area contributed by atoms with E-state index in [1.165, 1.54) is 24.3 Å². The highest BCUT2D eigenvalue weighted by atomic mass is 19.1. The van der Waals surface area contributed by atoms with E-state index in [1.54, 1.807) is 36.4 Å². The Labute approximate surface area is 161 Å². The van der Waals surface area contributed by atoms with E-state index in [-0.39, 0.29) is 24.4 Å². The van der Waals surface area contributed by atoms with E-state index in [0.717, 1.165) is 0 Å². The summed E-state index contributed by atoms with van der Waals surface area (Å²) in [5, 5.41) is 8.09. The smallest absolute Gasteiger partial charge is 0.323 e. The lowest BCUT2D eigenvalue weighted by atomic mass is 10.2. The maximum atomic E-state index is 12.8. The summed E-state index contributed by atoms with van der Waals surface area (Å²) in [4.78, 5) is 23.9. The third-order valence-corrected chi connectivity index (χ3v) is 3.64. The minimum atomic E-state index is -0.372. The third-order valence-electron chi connectivity index (χ3n) is 3.64. The van der Waals surface area contributed by atoms with E-state index in [1.807, 2.05) is 18.2 Å². The number of hydrogen-bond donors (Lipinski definition) is 3. The molecule has 0 fully saturated rings. The number of halogens is 1. The maximum Gasteiger partial charge on any atom is 0.323 e. The van der Waals surface area contributed by atoms with E-state index in [2.05, 4.69) is 16.0 Å². The molecule has 0 aliphatic heterocycles. The van der Waals surface area contributed by atoms with Crippen LogP contribution in [0.5, 0.6) is 5.75 Å². The van der Waals surface area contributed by atoms with Crippen molar-refractivity contribution < 1.29 is 18.7 Å². The number of carbonyl (C=O) groups is 2. The average molecular weight is 379 g/mol. The molecule has 0 saturated carbocycles. The van der Waals surface area contributed by atoms with Crippen molar-refractivity contribution in [3.8, 4) is 5.75 Å². The first kappa shape index (κ1) is 18.9. The maximum absolute atomic E-state index is 12.8. The average Bonchev–Trinajstić information content (AvgIpc) is 2.70. The zero-order valence-corrected chi connectivity index (χ0v) is 14.8. The van der Waals surface area contributed by atoms with Gasteiger partial charge in [0.1, 0.15) is 11.6 Å². The fourth-order valence-corrected chi connectivity index (χ4v) is 2.33. The highest BCUT2D eigenvalue weighted by Gasteiger charge is 2.06. The lowest BCUT2D eigenvalue weighted by Gasteiger charge is -2.10. The standard InChI is InChI=1S/C21H18FN3O3/c22-15-6-12-19(13-7-15)28-14-20(26)23-17-8-10-18(11-9-17)25-21(27)24-16-4-2-1-3-5-16/h1-13H,14H2,(H,23,26)(H2,24,25,27). The van der Waals surface area contributed by atoms with Gasteiger partial charge in [-0.3, -0.25) is 4.79 Å². The fourth-order valence-electron chi connectivity index (χ4n) is 2.33. The second-order valence-corrected chi connectivity index (χ2v) is 5.81. The van der Waals surface area contributed by atoms with Crippen LogP contribution >= 0.6 is 0 Å². The summed E-state index contributed by atoms with van der Waals surface area (Å²) in [5.41, 5.74) is 1.82. The topological polar surface area (TPSA) is 79.5 Å². The van der Waals surface area contributed by atoms with Gasteiger partial charge in [-0.05, 0) is 60.7 Å². The van der Waals surface area contributed by atoms with Gasteiger partial charge < -0.3 is 20.7 Å². The molecule has 3 aromatic carbocycles. The third kappa shape index (κ3) is 5.84. The number of carbonyl (C=O) groups excluding carboxylic acids is 2. The number of ether oxygens (including phenoxy) is 1. The highest BCUT2D eigenvalue weighted by Crippen LogP contribution is 2.15. The van der Waals surface area contributed by atoms with Crippen LogP contribution in [0.15, 0.2) is 78.9 Å². The number of hydrogen-bond acceptors (Lipinski definition) is 3. The Morgan fingerprint density at radius 1 is 0.714 bits per heavy atom. The first-order chi connectivity index (χ1) is 13.6. The first-order valence-electron chi connectivity index (χ1n) is 8.50. The molecule has 0 bridgehead atoms. The van der Waals surface area contributed by atoms with Crippen molar-refractivity contribution in [2.45, 2.75) is 0 Å². The summed E-state index contributed by atoms with van der Waals surface area (Å²) in [6.07, 6.45) is 0. The van der Waals surface area contributed by atoms with E-state index >= 15 is 0 Å². The van der Waals surface area contributed by atoms with Gasteiger partial charge >= 0.3 is 6.03 Å². The van der Waals surface area contributed by atoms with Gasteiger partial charge in [0.2, 0.25) is 0 Å². The van der Waals surface area contributed by atoms with E-state index in [0.29, 0.717) is 22.8 Å². The molecular weight excluding hydrogens is 361 g/mol. The van der Waals surface area contributed by atoms with Gasteiger partial charge in [-0.1, -0.05) is 18.2 Å². The zero-order chi connectivity index (χ0) is 19.8. The normalized spacial score (nSPS) is 10.0. The number of benzene rings is 3. The summed E-state index contributed by atoms with van der Waals surface area (Å²) in [7, 11) is 0.